The lowest BCUT2D eigenvalue weighted by Crippen LogP contribution is -2.36. The molecule has 1 aliphatic rings. The molecule has 2 heterocycles. The van der Waals surface area contributed by atoms with Crippen molar-refractivity contribution in [3.63, 3.8) is 0 Å². The smallest absolute Gasteiger partial charge is 0.303 e. The molecule has 1 fully saturated rings. The number of hydrazone groups is 1. The molecule has 1 aliphatic heterocycles. The van der Waals surface area contributed by atoms with Gasteiger partial charge in [0.15, 0.2) is 11.6 Å². The second-order valence-corrected chi connectivity index (χ2v) is 4.94. The molecule has 1 aromatic heterocycles. The van der Waals surface area contributed by atoms with E-state index in [1.807, 2.05) is 12.1 Å². The molecule has 0 spiro atoms. The molecule has 0 unspecified atom stereocenters. The normalized spacial score (nSPS) is 15.2. The molecule has 2 rings (SSSR count). The Kier molecular flexibility index (Phi) is 6.56. The van der Waals surface area contributed by atoms with Gasteiger partial charge in [-0.2, -0.15) is 5.10 Å². The summed E-state index contributed by atoms with van der Waals surface area (Å²) in [6, 6.07) is 3.74. The highest BCUT2D eigenvalue weighted by atomic mass is 16.5. The third-order valence-electron chi connectivity index (χ3n) is 3.23. The maximum Gasteiger partial charge on any atom is 0.303 e. The summed E-state index contributed by atoms with van der Waals surface area (Å²) in [5.74, 6) is 0.663. The Labute approximate surface area is 129 Å². The largest absolute Gasteiger partial charge is 0.481 e. The maximum absolute atomic E-state index is 10.3. The molecule has 0 radical (unpaired) electrons. The fourth-order valence-corrected chi connectivity index (χ4v) is 2.03. The van der Waals surface area contributed by atoms with Crippen LogP contribution in [0.4, 0.5) is 11.6 Å². The van der Waals surface area contributed by atoms with Crippen LogP contribution >= 0.6 is 0 Å². The lowest BCUT2D eigenvalue weighted by atomic mass is 10.2. The number of hydrogen-bond donors (Lipinski definition) is 2. The van der Waals surface area contributed by atoms with Crippen LogP contribution in [0.3, 0.4) is 0 Å². The molecule has 0 saturated carbocycles. The predicted molar refractivity (Wildman–Crippen MR) is 83.3 cm³/mol. The van der Waals surface area contributed by atoms with Crippen molar-refractivity contribution >= 4 is 23.8 Å². The van der Waals surface area contributed by atoms with Crippen LogP contribution in [0, 0.1) is 0 Å². The highest BCUT2D eigenvalue weighted by Gasteiger charge is 2.12. The van der Waals surface area contributed by atoms with Crippen molar-refractivity contribution in [2.45, 2.75) is 25.7 Å². The summed E-state index contributed by atoms with van der Waals surface area (Å²) in [6.07, 6.45) is 4.13. The van der Waals surface area contributed by atoms with Crippen LogP contribution in [0.5, 0.6) is 0 Å². The van der Waals surface area contributed by atoms with E-state index in [4.69, 9.17) is 9.84 Å². The minimum atomic E-state index is -0.759. The first-order valence-corrected chi connectivity index (χ1v) is 7.41. The van der Waals surface area contributed by atoms with Crippen molar-refractivity contribution < 1.29 is 14.6 Å². The number of morpholine rings is 1. The average Bonchev–Trinajstić information content (AvgIpc) is 2.55. The number of hydrogen-bond acceptors (Lipinski definition) is 7. The molecule has 8 heteroatoms. The molecule has 1 saturated heterocycles. The van der Waals surface area contributed by atoms with E-state index in [9.17, 15) is 4.79 Å². The Morgan fingerprint density at radius 2 is 2.18 bits per heavy atom. The number of ether oxygens (including phenoxy) is 1. The van der Waals surface area contributed by atoms with Crippen LogP contribution < -0.4 is 10.3 Å². The van der Waals surface area contributed by atoms with Gasteiger partial charge in [-0.3, -0.25) is 10.2 Å². The second-order valence-electron chi connectivity index (χ2n) is 4.94. The van der Waals surface area contributed by atoms with Gasteiger partial charge in [0, 0.05) is 25.7 Å². The van der Waals surface area contributed by atoms with Gasteiger partial charge in [-0.1, -0.05) is 0 Å². The minimum absolute atomic E-state index is 0.204. The van der Waals surface area contributed by atoms with E-state index < -0.39 is 5.97 Å². The zero-order valence-corrected chi connectivity index (χ0v) is 12.4. The molecule has 1 aromatic rings. The monoisotopic (exact) mass is 307 g/mol. The number of carboxylic acids is 1. The predicted octanol–water partition coefficient (Wildman–Crippen LogP) is 1.36. The molecule has 0 aliphatic carbocycles. The molecule has 2 N–H and O–H groups in total. The number of carbonyl (C=O) groups is 1. The van der Waals surface area contributed by atoms with E-state index in [-0.39, 0.29) is 6.42 Å². The highest BCUT2D eigenvalue weighted by Crippen LogP contribution is 2.13. The third-order valence-corrected chi connectivity index (χ3v) is 3.23. The van der Waals surface area contributed by atoms with E-state index in [0.717, 1.165) is 31.7 Å². The van der Waals surface area contributed by atoms with E-state index in [1.54, 1.807) is 6.21 Å². The Hall–Kier alpha value is -2.22. The topological polar surface area (TPSA) is 99.9 Å². The van der Waals surface area contributed by atoms with Crippen LogP contribution in [-0.4, -0.2) is 53.8 Å². The zero-order chi connectivity index (χ0) is 15.6. The summed E-state index contributed by atoms with van der Waals surface area (Å²) in [6.45, 7) is 3.09. The lowest BCUT2D eigenvalue weighted by molar-refractivity contribution is -0.137. The number of anilines is 2. The number of aromatic nitrogens is 2. The molecule has 0 aromatic carbocycles. The zero-order valence-electron chi connectivity index (χ0n) is 12.4. The number of unbranched alkanes of at least 4 members (excludes halogenated alkanes) is 2. The molecule has 120 valence electrons. The number of carboxylic acid groups (broad SMARTS) is 1. The highest BCUT2D eigenvalue weighted by molar-refractivity contribution is 5.66. The molecule has 0 amide bonds. The van der Waals surface area contributed by atoms with E-state index in [1.165, 1.54) is 0 Å². The SMILES string of the molecule is O=C(O)CCCCC=NNc1ccc(N2CCOCC2)nn1. The Morgan fingerprint density at radius 3 is 2.86 bits per heavy atom. The summed E-state index contributed by atoms with van der Waals surface area (Å²) < 4.78 is 5.30. The van der Waals surface area contributed by atoms with Crippen LogP contribution in [-0.2, 0) is 9.53 Å². The first-order valence-electron chi connectivity index (χ1n) is 7.41. The quantitative estimate of drug-likeness (QED) is 0.425. The molecule has 8 nitrogen and oxygen atoms in total. The molecule has 0 atom stereocenters. The van der Waals surface area contributed by atoms with Crippen molar-refractivity contribution in [1.29, 1.82) is 0 Å². The van der Waals surface area contributed by atoms with Gasteiger partial charge in [-0.05, 0) is 31.4 Å². The van der Waals surface area contributed by atoms with Crippen molar-refractivity contribution in [3.8, 4) is 0 Å². The van der Waals surface area contributed by atoms with Crippen molar-refractivity contribution in [3.05, 3.63) is 12.1 Å². The fourth-order valence-electron chi connectivity index (χ4n) is 2.03. The fraction of sp³-hybridized carbons (Fsp3) is 0.571. The summed E-state index contributed by atoms with van der Waals surface area (Å²) in [7, 11) is 0. The van der Waals surface area contributed by atoms with Gasteiger partial charge >= 0.3 is 5.97 Å². The van der Waals surface area contributed by atoms with Crippen LogP contribution in [0.15, 0.2) is 17.2 Å². The van der Waals surface area contributed by atoms with Crippen molar-refractivity contribution in [1.82, 2.24) is 10.2 Å². The van der Waals surface area contributed by atoms with Crippen molar-refractivity contribution in [2.75, 3.05) is 36.6 Å². The molecule has 22 heavy (non-hydrogen) atoms. The average molecular weight is 307 g/mol. The molecular weight excluding hydrogens is 286 g/mol. The maximum atomic E-state index is 10.3. The summed E-state index contributed by atoms with van der Waals surface area (Å²) in [4.78, 5) is 12.5. The van der Waals surface area contributed by atoms with Crippen molar-refractivity contribution in [2.24, 2.45) is 5.10 Å². The molecular formula is C14H21N5O3. The third kappa shape index (κ3) is 5.65. The number of rotatable bonds is 8. The van der Waals surface area contributed by atoms with Gasteiger partial charge in [0.2, 0.25) is 0 Å². The first kappa shape index (κ1) is 16.2. The molecule has 0 bridgehead atoms. The second kappa shape index (κ2) is 8.93. The van der Waals surface area contributed by atoms with E-state index in [0.29, 0.717) is 25.5 Å². The lowest BCUT2D eigenvalue weighted by Gasteiger charge is -2.27. The number of nitrogens with zero attached hydrogens (tertiary/aromatic N) is 4. The van der Waals surface area contributed by atoms with Gasteiger partial charge in [-0.15, -0.1) is 10.2 Å². The van der Waals surface area contributed by atoms with Gasteiger partial charge < -0.3 is 14.7 Å². The Balaban J connectivity index is 1.68. The van der Waals surface area contributed by atoms with Gasteiger partial charge in [-0.25, -0.2) is 0 Å². The number of nitrogens with one attached hydrogen (secondary N) is 1. The van der Waals surface area contributed by atoms with Gasteiger partial charge in [0.05, 0.1) is 13.2 Å². The van der Waals surface area contributed by atoms with Crippen LogP contribution in [0.1, 0.15) is 25.7 Å². The van der Waals surface area contributed by atoms with Gasteiger partial charge in [0.1, 0.15) is 0 Å². The van der Waals surface area contributed by atoms with E-state index in [2.05, 4.69) is 25.6 Å². The van der Waals surface area contributed by atoms with Gasteiger partial charge in [0.25, 0.3) is 0 Å². The summed E-state index contributed by atoms with van der Waals surface area (Å²) >= 11 is 0. The summed E-state index contributed by atoms with van der Waals surface area (Å²) in [5, 5.41) is 20.8. The Morgan fingerprint density at radius 1 is 1.36 bits per heavy atom. The standard InChI is InChI=1S/C14H21N5O3/c20-14(21)4-2-1-3-7-15-16-12-5-6-13(18-17-12)19-8-10-22-11-9-19/h5-7H,1-4,8-11H2,(H,16,17)(H,20,21). The van der Waals surface area contributed by atoms with Crippen LogP contribution in [0.25, 0.3) is 0 Å². The first-order chi connectivity index (χ1) is 10.8. The van der Waals surface area contributed by atoms with E-state index >= 15 is 0 Å². The number of aliphatic carboxylic acids is 1. The Bertz CT molecular complexity index is 486. The summed E-state index contributed by atoms with van der Waals surface area (Å²) in [5.41, 5.74) is 2.81. The minimum Gasteiger partial charge on any atom is -0.481 e. The van der Waals surface area contributed by atoms with Crippen LogP contribution in [0.2, 0.25) is 0 Å².